The predicted molar refractivity (Wildman–Crippen MR) is 81.1 cm³/mol. The molecule has 20 heavy (non-hydrogen) atoms. The van der Waals surface area contributed by atoms with E-state index in [1.54, 1.807) is 40.7 Å². The van der Waals surface area contributed by atoms with Crippen LogP contribution in [0.5, 0.6) is 0 Å². The Kier molecular flexibility index (Phi) is 4.76. The van der Waals surface area contributed by atoms with Gasteiger partial charge in [0, 0.05) is 4.11 Å². The van der Waals surface area contributed by atoms with Crippen molar-refractivity contribution in [2.75, 3.05) is 0 Å². The molecule has 4 nitrogen and oxygen atoms in total. The van der Waals surface area contributed by atoms with Gasteiger partial charge < -0.3 is 0 Å². The summed E-state index contributed by atoms with van der Waals surface area (Å²) in [7, 11) is 0. The summed E-state index contributed by atoms with van der Waals surface area (Å²) >= 11 is 0. The zero-order valence-electron chi connectivity index (χ0n) is 17.3. The van der Waals surface area contributed by atoms with E-state index in [-0.39, 0.29) is 0 Å². The molecule has 0 radical (unpaired) electrons. The lowest BCUT2D eigenvalue weighted by Crippen LogP contribution is -2.32. The summed E-state index contributed by atoms with van der Waals surface area (Å²) in [5, 5.41) is 0. The molecule has 0 rings (SSSR count). The molecule has 0 aliphatic heterocycles. The second-order valence-electron chi connectivity index (χ2n) is 7.60. The molecule has 1 unspecified atom stereocenters. The van der Waals surface area contributed by atoms with Crippen molar-refractivity contribution < 1.29 is 23.7 Å². The van der Waals surface area contributed by atoms with Crippen molar-refractivity contribution in [3.8, 4) is 0 Å². The fourth-order valence-electron chi connectivity index (χ4n) is 0.859. The van der Waals surface area contributed by atoms with E-state index < -0.39 is 29.3 Å². The normalized spacial score (nSPS) is 20.4. The van der Waals surface area contributed by atoms with Crippen molar-refractivity contribution in [1.82, 2.24) is 0 Å². The molecule has 0 aliphatic rings. The van der Waals surface area contributed by atoms with Gasteiger partial charge in [0.1, 0.15) is 11.2 Å². The second kappa shape index (κ2) is 6.56. The zero-order chi connectivity index (χ0) is 18.7. The third-order valence-electron chi connectivity index (χ3n) is 1.77. The van der Waals surface area contributed by atoms with E-state index in [0.29, 0.717) is 0 Å². The molecule has 0 saturated heterocycles. The van der Waals surface area contributed by atoms with Gasteiger partial charge in [-0.3, -0.25) is 0 Å². The van der Waals surface area contributed by atoms with E-state index in [9.17, 15) is 0 Å². The molecule has 0 fully saturated rings. The quantitative estimate of drug-likeness (QED) is 0.407. The van der Waals surface area contributed by atoms with E-state index >= 15 is 0 Å². The summed E-state index contributed by atoms with van der Waals surface area (Å²) in [4.78, 5) is 21.1. The minimum absolute atomic E-state index is 0.468. The van der Waals surface area contributed by atoms with Gasteiger partial charge in [0.2, 0.25) is 0 Å². The third kappa shape index (κ3) is 11.4. The van der Waals surface area contributed by atoms with Crippen LogP contribution >= 0.6 is 0 Å². The first kappa shape index (κ1) is 14.5. The Morgan fingerprint density at radius 2 is 0.950 bits per heavy atom. The second-order valence-corrected chi connectivity index (χ2v) is 7.60. The first-order valence-electron chi connectivity index (χ1n) is 8.31. The summed E-state index contributed by atoms with van der Waals surface area (Å²) in [5.74, 6) is 0. The van der Waals surface area contributed by atoms with Gasteiger partial charge in [-0.15, -0.1) is 0 Å². The summed E-state index contributed by atoms with van der Waals surface area (Å²) < 4.78 is 23.1. The maximum absolute atomic E-state index is 7.71. The number of hydrogen-bond acceptors (Lipinski definition) is 4. The monoisotopic (exact) mass is 291 g/mol. The van der Waals surface area contributed by atoms with E-state index in [4.69, 9.17) is 23.7 Å². The fourth-order valence-corrected chi connectivity index (χ4v) is 0.859. The first-order chi connectivity index (χ1) is 9.87. The average Bonchev–Trinajstić information content (AvgIpc) is 2.29. The van der Waals surface area contributed by atoms with E-state index in [2.05, 4.69) is 0 Å². The van der Waals surface area contributed by atoms with Crippen molar-refractivity contribution in [2.45, 2.75) is 91.6 Å². The van der Waals surface area contributed by atoms with Crippen LogP contribution in [0.15, 0.2) is 12.2 Å². The van der Waals surface area contributed by atoms with Crippen molar-refractivity contribution >= 4 is 0 Å². The van der Waals surface area contributed by atoms with E-state index in [0.717, 1.165) is 0 Å². The smallest absolute Gasteiger partial charge is 0.116 e. The fraction of sp³-hybridized carbons (Fsp3) is 0.875. The summed E-state index contributed by atoms with van der Waals surface area (Å²) in [6, 6.07) is 0. The van der Waals surface area contributed by atoms with Gasteiger partial charge in [-0.25, -0.2) is 19.6 Å². The summed E-state index contributed by atoms with van der Waals surface area (Å²) in [6.45, 7) is 13.5. The lowest BCUT2D eigenvalue weighted by Gasteiger charge is -2.29. The largest absolute Gasteiger partial charge is 0.230 e. The minimum Gasteiger partial charge on any atom is -0.230 e. The molecule has 0 saturated carbocycles. The van der Waals surface area contributed by atoms with E-state index in [1.165, 1.54) is 13.0 Å². The lowest BCUT2D eigenvalue weighted by molar-refractivity contribution is -0.390. The molecule has 120 valence electrons. The molecule has 0 aromatic heterocycles. The van der Waals surface area contributed by atoms with Crippen LogP contribution < -0.4 is 0 Å². The molecular formula is C16H32O4. The van der Waals surface area contributed by atoms with Crippen LogP contribution in [0, 0.1) is 0 Å². The van der Waals surface area contributed by atoms with Crippen LogP contribution in [0.25, 0.3) is 0 Å². The van der Waals surface area contributed by atoms with Crippen LogP contribution in [0.2, 0.25) is 0 Å². The topological polar surface area (TPSA) is 36.9 Å². The van der Waals surface area contributed by atoms with Crippen LogP contribution in [0.3, 0.4) is 0 Å². The highest BCUT2D eigenvalue weighted by Crippen LogP contribution is 2.22. The van der Waals surface area contributed by atoms with Gasteiger partial charge in [0.25, 0.3) is 0 Å². The van der Waals surface area contributed by atoms with Crippen molar-refractivity contribution in [2.24, 2.45) is 0 Å². The molecule has 0 spiro atoms. The van der Waals surface area contributed by atoms with Crippen LogP contribution in [0.4, 0.5) is 0 Å². The number of rotatable bonds is 6. The standard InChI is InChI=1S/C16H32O4/c1-13(2,3)17-19-15(7,8)11-12-16(9,10)20-18-14(4,5)6/h11-12H,1-10H3/i7D3. The van der Waals surface area contributed by atoms with Crippen molar-refractivity contribution in [3.63, 3.8) is 0 Å². The first-order valence-corrected chi connectivity index (χ1v) is 6.81. The Morgan fingerprint density at radius 3 is 1.30 bits per heavy atom. The van der Waals surface area contributed by atoms with Gasteiger partial charge in [0.15, 0.2) is 0 Å². The molecule has 0 amide bonds. The van der Waals surface area contributed by atoms with Gasteiger partial charge in [-0.2, -0.15) is 0 Å². The van der Waals surface area contributed by atoms with Crippen molar-refractivity contribution in [1.29, 1.82) is 0 Å². The Balaban J connectivity index is 5.15. The summed E-state index contributed by atoms with van der Waals surface area (Å²) in [6.07, 6.45) is 3.02. The van der Waals surface area contributed by atoms with Gasteiger partial charge in [-0.05, 0) is 69.2 Å². The maximum atomic E-state index is 7.71. The highest BCUT2D eigenvalue weighted by molar-refractivity contribution is 5.04. The Bertz CT molecular complexity index is 403. The Morgan fingerprint density at radius 1 is 0.600 bits per heavy atom. The van der Waals surface area contributed by atoms with Gasteiger partial charge in [-0.1, -0.05) is 12.2 Å². The molecular weight excluding hydrogens is 256 g/mol. The highest BCUT2D eigenvalue weighted by Gasteiger charge is 2.25. The van der Waals surface area contributed by atoms with Crippen LogP contribution in [-0.4, -0.2) is 22.4 Å². The predicted octanol–water partition coefficient (Wildman–Crippen LogP) is 4.59. The summed E-state index contributed by atoms with van der Waals surface area (Å²) in [5.41, 5.74) is -3.53. The Labute approximate surface area is 128 Å². The molecule has 0 aromatic rings. The SMILES string of the molecule is [2H]C([2H])([2H])C(C)(C=CC(C)(C)OOC(C)(C)C)OOC(C)(C)C. The zero-order valence-corrected chi connectivity index (χ0v) is 14.3. The number of hydrogen-bond donors (Lipinski definition) is 0. The maximum Gasteiger partial charge on any atom is 0.116 e. The van der Waals surface area contributed by atoms with E-state index in [1.807, 2.05) is 20.8 Å². The lowest BCUT2D eigenvalue weighted by atomic mass is 10.0. The molecule has 0 aliphatic carbocycles. The van der Waals surface area contributed by atoms with Crippen LogP contribution in [0.1, 0.15) is 73.3 Å². The molecule has 0 N–H and O–H groups in total. The minimum atomic E-state index is -2.41. The molecule has 0 aromatic carbocycles. The molecule has 0 bridgehead atoms. The molecule has 4 heteroatoms. The van der Waals surface area contributed by atoms with Gasteiger partial charge in [0.05, 0.1) is 11.2 Å². The Hall–Kier alpha value is -0.420. The average molecular weight is 291 g/mol. The van der Waals surface area contributed by atoms with Crippen molar-refractivity contribution in [3.05, 3.63) is 12.2 Å². The van der Waals surface area contributed by atoms with Gasteiger partial charge >= 0.3 is 0 Å². The molecule has 0 heterocycles. The molecule has 1 atom stereocenters. The van der Waals surface area contributed by atoms with Crippen LogP contribution in [-0.2, 0) is 19.6 Å². The third-order valence-corrected chi connectivity index (χ3v) is 1.77. The highest BCUT2D eigenvalue weighted by atomic mass is 17.2.